The molecule has 0 radical (unpaired) electrons. The van der Waals surface area contributed by atoms with Crippen molar-refractivity contribution < 1.29 is 47.5 Å². The van der Waals surface area contributed by atoms with Crippen molar-refractivity contribution in [3.63, 3.8) is 0 Å². The van der Waals surface area contributed by atoms with Crippen LogP contribution in [-0.4, -0.2) is 17.9 Å². The van der Waals surface area contributed by atoms with Crippen molar-refractivity contribution in [2.24, 2.45) is 0 Å². The first-order valence-corrected chi connectivity index (χ1v) is 5.36. The first kappa shape index (κ1) is 15.5. The van der Waals surface area contributed by atoms with Crippen molar-refractivity contribution in [3.8, 4) is 0 Å². The van der Waals surface area contributed by atoms with Crippen LogP contribution in [0.2, 0.25) is 0 Å². The van der Waals surface area contributed by atoms with E-state index in [1.807, 2.05) is 0 Å². The predicted octanol–water partition coefficient (Wildman–Crippen LogP) is -1.88. The summed E-state index contributed by atoms with van der Waals surface area (Å²) in [7, 11) is -4.67. The minimum absolute atomic E-state index is 0. The molecule has 1 rings (SSSR count). The third-order valence-electron chi connectivity index (χ3n) is 2.08. The molecule has 0 N–H and O–H groups in total. The van der Waals surface area contributed by atoms with Crippen molar-refractivity contribution in [2.75, 3.05) is 0 Å². The molecule has 0 saturated carbocycles. The van der Waals surface area contributed by atoms with Crippen molar-refractivity contribution in [3.05, 3.63) is 33.4 Å². The molecule has 16 heavy (non-hydrogen) atoms. The summed E-state index contributed by atoms with van der Waals surface area (Å²) in [6.07, 6.45) is 0. The minimum atomic E-state index is -4.67. The Hall–Kier alpha value is -0.470. The molecule has 0 amide bonds. The van der Waals surface area contributed by atoms with Gasteiger partial charge in [-0.2, -0.15) is 0 Å². The van der Waals surface area contributed by atoms with E-state index in [0.717, 1.165) is 6.07 Å². The predicted molar refractivity (Wildman–Crippen MR) is 50.5 cm³/mol. The molecule has 0 atom stereocenters. The Morgan fingerprint density at radius 2 is 1.75 bits per heavy atom. The van der Waals surface area contributed by atoms with Gasteiger partial charge in [-0.15, -0.1) is 0 Å². The van der Waals surface area contributed by atoms with Crippen LogP contribution in [-0.2, 0) is 10.1 Å². The van der Waals surface area contributed by atoms with E-state index in [1.54, 1.807) is 0 Å². The quantitative estimate of drug-likeness (QED) is 0.266. The second-order valence-corrected chi connectivity index (χ2v) is 4.45. The van der Waals surface area contributed by atoms with Gasteiger partial charge < -0.3 is 4.55 Å². The topological polar surface area (TPSA) is 100 Å². The Kier molecular flexibility index (Phi) is 5.09. The number of nitrogens with zero attached hydrogens (tertiary/aromatic N) is 1. The Morgan fingerprint density at radius 3 is 2.12 bits per heavy atom. The Bertz CT molecular complexity index is 525. The van der Waals surface area contributed by atoms with Gasteiger partial charge in [0.15, 0.2) is 0 Å². The SMILES string of the molecule is Cc1cc([N+](=O)[O-])cc(S(=O)(=O)[O-])c1C.[Na+]. The molecule has 0 saturated heterocycles. The monoisotopic (exact) mass is 253 g/mol. The zero-order chi connectivity index (χ0) is 11.8. The Labute approximate surface area is 115 Å². The van der Waals surface area contributed by atoms with Gasteiger partial charge in [-0.1, -0.05) is 0 Å². The summed E-state index contributed by atoms with van der Waals surface area (Å²) < 4.78 is 32.4. The third-order valence-corrected chi connectivity index (χ3v) is 3.05. The molecule has 0 unspecified atom stereocenters. The summed E-state index contributed by atoms with van der Waals surface area (Å²) in [5.74, 6) is 0. The van der Waals surface area contributed by atoms with E-state index < -0.39 is 25.6 Å². The number of hydrogen-bond acceptors (Lipinski definition) is 5. The van der Waals surface area contributed by atoms with E-state index in [-0.39, 0.29) is 35.1 Å². The van der Waals surface area contributed by atoms with E-state index in [9.17, 15) is 23.1 Å². The van der Waals surface area contributed by atoms with E-state index in [0.29, 0.717) is 5.56 Å². The number of nitro groups is 1. The number of aryl methyl sites for hydroxylation is 1. The molecule has 0 aliphatic carbocycles. The maximum absolute atomic E-state index is 10.8. The van der Waals surface area contributed by atoms with E-state index in [2.05, 4.69) is 0 Å². The molecule has 0 bridgehead atoms. The van der Waals surface area contributed by atoms with Gasteiger partial charge in [0, 0.05) is 12.1 Å². The number of non-ortho nitro benzene ring substituents is 1. The first-order valence-electron chi connectivity index (χ1n) is 3.95. The maximum atomic E-state index is 10.8. The van der Waals surface area contributed by atoms with E-state index in [1.165, 1.54) is 19.9 Å². The standard InChI is InChI=1S/C8H9NO5S.Na/c1-5-3-7(9(10)11)4-8(6(5)2)15(12,13)14;/h3-4H,1-2H3,(H,12,13,14);/q;+1/p-1. The molecule has 82 valence electrons. The number of hydrogen-bond donors (Lipinski definition) is 0. The second-order valence-electron chi connectivity index (χ2n) is 3.10. The average Bonchev–Trinajstić information content (AvgIpc) is 2.06. The van der Waals surface area contributed by atoms with Gasteiger partial charge in [0.1, 0.15) is 10.1 Å². The molecule has 1 aromatic carbocycles. The van der Waals surface area contributed by atoms with Gasteiger partial charge in [-0.25, -0.2) is 8.42 Å². The zero-order valence-corrected chi connectivity index (χ0v) is 11.9. The summed E-state index contributed by atoms with van der Waals surface area (Å²) in [6, 6.07) is 2.01. The normalized spacial score (nSPS) is 10.7. The van der Waals surface area contributed by atoms with Gasteiger partial charge >= 0.3 is 29.6 Å². The molecular weight excluding hydrogens is 245 g/mol. The summed E-state index contributed by atoms with van der Waals surface area (Å²) in [5.41, 5.74) is 0.252. The number of rotatable bonds is 2. The molecule has 0 heterocycles. The van der Waals surface area contributed by atoms with Crippen LogP contribution < -0.4 is 29.6 Å². The van der Waals surface area contributed by atoms with Crippen LogP contribution in [0.3, 0.4) is 0 Å². The fourth-order valence-electron chi connectivity index (χ4n) is 1.17. The van der Waals surface area contributed by atoms with Crippen LogP contribution in [0.4, 0.5) is 5.69 Å². The maximum Gasteiger partial charge on any atom is 1.00 e. The second kappa shape index (κ2) is 5.24. The molecule has 0 fully saturated rings. The van der Waals surface area contributed by atoms with Crippen LogP contribution in [0, 0.1) is 24.0 Å². The fraction of sp³-hybridized carbons (Fsp3) is 0.250. The smallest absolute Gasteiger partial charge is 0.744 e. The molecule has 6 nitrogen and oxygen atoms in total. The molecule has 8 heteroatoms. The van der Waals surface area contributed by atoms with Crippen LogP contribution in [0.1, 0.15) is 11.1 Å². The summed E-state index contributed by atoms with van der Waals surface area (Å²) >= 11 is 0. The van der Waals surface area contributed by atoms with Gasteiger partial charge in [-0.05, 0) is 25.0 Å². The summed E-state index contributed by atoms with van der Waals surface area (Å²) in [4.78, 5) is 9.18. The molecule has 0 aromatic heterocycles. The molecule has 0 aliphatic rings. The van der Waals surface area contributed by atoms with Gasteiger partial charge in [0.05, 0.1) is 9.82 Å². The van der Waals surface area contributed by atoms with Crippen LogP contribution in [0.15, 0.2) is 17.0 Å². The van der Waals surface area contributed by atoms with Crippen molar-refractivity contribution in [1.82, 2.24) is 0 Å². The fourth-order valence-corrected chi connectivity index (χ4v) is 1.97. The van der Waals surface area contributed by atoms with E-state index >= 15 is 0 Å². The van der Waals surface area contributed by atoms with Crippen LogP contribution in [0.25, 0.3) is 0 Å². The molecule has 0 aliphatic heterocycles. The largest absolute Gasteiger partial charge is 1.00 e. The molecular formula is C8H8NNaO5S. The molecule has 0 spiro atoms. The van der Waals surface area contributed by atoms with Gasteiger partial charge in [0.2, 0.25) is 0 Å². The third kappa shape index (κ3) is 3.26. The van der Waals surface area contributed by atoms with Gasteiger partial charge in [0.25, 0.3) is 5.69 Å². The number of benzene rings is 1. The van der Waals surface area contributed by atoms with Crippen molar-refractivity contribution in [2.45, 2.75) is 18.7 Å². The number of nitro benzene ring substituents is 1. The molecule has 1 aromatic rings. The van der Waals surface area contributed by atoms with Crippen LogP contribution in [0.5, 0.6) is 0 Å². The van der Waals surface area contributed by atoms with E-state index in [4.69, 9.17) is 0 Å². The summed E-state index contributed by atoms with van der Waals surface area (Å²) in [5, 5.41) is 10.5. The van der Waals surface area contributed by atoms with Gasteiger partial charge in [-0.3, -0.25) is 10.1 Å². The summed E-state index contributed by atoms with van der Waals surface area (Å²) in [6.45, 7) is 2.95. The zero-order valence-electron chi connectivity index (χ0n) is 9.05. The van der Waals surface area contributed by atoms with Crippen molar-refractivity contribution in [1.29, 1.82) is 0 Å². The average molecular weight is 253 g/mol. The van der Waals surface area contributed by atoms with Crippen LogP contribution >= 0.6 is 0 Å². The Balaban J connectivity index is 0.00000225. The first-order chi connectivity index (χ1) is 6.73. The van der Waals surface area contributed by atoms with Crippen molar-refractivity contribution >= 4 is 15.8 Å². The minimum Gasteiger partial charge on any atom is -0.744 e. The Morgan fingerprint density at radius 1 is 1.25 bits per heavy atom.